The van der Waals surface area contributed by atoms with Crippen molar-refractivity contribution in [3.05, 3.63) is 18.6 Å². The lowest BCUT2D eigenvalue weighted by molar-refractivity contribution is 0.315. The molecular formula is C12H19N7. The average molecular weight is 261 g/mol. The van der Waals surface area contributed by atoms with Gasteiger partial charge in [-0.3, -0.25) is 0 Å². The lowest BCUT2D eigenvalue weighted by Gasteiger charge is -2.21. The van der Waals surface area contributed by atoms with Gasteiger partial charge in [-0.1, -0.05) is 0 Å². The first-order valence-electron chi connectivity index (χ1n) is 6.40. The highest BCUT2D eigenvalue weighted by atomic mass is 15.3. The summed E-state index contributed by atoms with van der Waals surface area (Å²) in [6.07, 6.45) is 6.66. The number of hydrazine groups is 1. The van der Waals surface area contributed by atoms with E-state index in [0.29, 0.717) is 11.9 Å². The Hall–Kier alpha value is -1.86. The molecule has 2 aromatic rings. The van der Waals surface area contributed by atoms with Crippen LogP contribution in [0.4, 0.5) is 11.6 Å². The van der Waals surface area contributed by atoms with E-state index in [2.05, 4.69) is 39.3 Å². The van der Waals surface area contributed by atoms with Crippen molar-refractivity contribution >= 4 is 17.3 Å². The zero-order valence-electron chi connectivity index (χ0n) is 11.2. The van der Waals surface area contributed by atoms with Crippen LogP contribution in [-0.4, -0.2) is 52.5 Å². The maximum atomic E-state index is 5.48. The molecule has 0 aromatic carbocycles. The molecule has 102 valence electrons. The van der Waals surface area contributed by atoms with E-state index < -0.39 is 0 Å². The molecule has 1 aliphatic heterocycles. The number of hydrogen-bond acceptors (Lipinski definition) is 6. The quantitative estimate of drug-likeness (QED) is 0.605. The largest absolute Gasteiger partial charge is 0.352 e. The summed E-state index contributed by atoms with van der Waals surface area (Å²) in [5.74, 6) is 7.02. The molecule has 2 aromatic heterocycles. The fourth-order valence-corrected chi connectivity index (χ4v) is 2.55. The Morgan fingerprint density at radius 1 is 1.47 bits per heavy atom. The van der Waals surface area contributed by atoms with Crippen molar-refractivity contribution in [1.29, 1.82) is 0 Å². The number of imidazole rings is 1. The summed E-state index contributed by atoms with van der Waals surface area (Å²) in [7, 11) is 4.23. The number of rotatable bonds is 3. The van der Waals surface area contributed by atoms with Gasteiger partial charge in [0, 0.05) is 31.5 Å². The van der Waals surface area contributed by atoms with Crippen LogP contribution in [0.5, 0.6) is 0 Å². The van der Waals surface area contributed by atoms with Crippen LogP contribution < -0.4 is 16.2 Å². The van der Waals surface area contributed by atoms with E-state index in [9.17, 15) is 0 Å². The minimum atomic E-state index is 0.561. The Balaban J connectivity index is 1.98. The average Bonchev–Trinajstić information content (AvgIpc) is 3.06. The molecular weight excluding hydrogens is 242 g/mol. The van der Waals surface area contributed by atoms with Crippen LogP contribution >= 0.6 is 0 Å². The molecule has 0 spiro atoms. The van der Waals surface area contributed by atoms with Gasteiger partial charge in [0.05, 0.1) is 6.20 Å². The number of hydrogen-bond donors (Lipinski definition) is 2. The van der Waals surface area contributed by atoms with Crippen LogP contribution in [0.2, 0.25) is 0 Å². The molecule has 1 aliphatic rings. The number of aromatic nitrogens is 3. The van der Waals surface area contributed by atoms with Crippen molar-refractivity contribution in [3.63, 3.8) is 0 Å². The lowest BCUT2D eigenvalue weighted by atomic mass is 10.2. The molecule has 7 nitrogen and oxygen atoms in total. The van der Waals surface area contributed by atoms with Crippen LogP contribution in [-0.2, 0) is 0 Å². The summed E-state index contributed by atoms with van der Waals surface area (Å²) in [4.78, 5) is 13.5. The number of nitrogens with zero attached hydrogens (tertiary/aromatic N) is 5. The molecule has 7 heteroatoms. The molecule has 1 fully saturated rings. The number of nitrogen functional groups attached to an aromatic ring is 1. The summed E-state index contributed by atoms with van der Waals surface area (Å²) in [6.45, 7) is 1.96. The van der Waals surface area contributed by atoms with Crippen LogP contribution in [0.15, 0.2) is 18.6 Å². The Kier molecular flexibility index (Phi) is 3.00. The molecule has 0 radical (unpaired) electrons. The van der Waals surface area contributed by atoms with Crippen molar-refractivity contribution in [2.45, 2.75) is 12.5 Å². The number of nitrogens with two attached hydrogens (primary N) is 1. The van der Waals surface area contributed by atoms with Gasteiger partial charge in [-0.05, 0) is 20.5 Å². The third-order valence-corrected chi connectivity index (χ3v) is 3.70. The Labute approximate surface area is 112 Å². The molecule has 0 amide bonds. The zero-order valence-corrected chi connectivity index (χ0v) is 11.2. The van der Waals surface area contributed by atoms with Gasteiger partial charge in [0.2, 0.25) is 0 Å². The van der Waals surface area contributed by atoms with E-state index >= 15 is 0 Å². The Bertz CT molecular complexity index is 576. The molecule has 3 heterocycles. The minimum Gasteiger partial charge on any atom is -0.352 e. The molecule has 3 N–H and O–H groups in total. The van der Waals surface area contributed by atoms with E-state index in [1.807, 2.05) is 16.8 Å². The van der Waals surface area contributed by atoms with Crippen molar-refractivity contribution in [2.75, 3.05) is 37.5 Å². The predicted octanol–water partition coefficient (Wildman–Crippen LogP) is 0.155. The van der Waals surface area contributed by atoms with Gasteiger partial charge in [0.15, 0.2) is 17.3 Å². The standard InChI is InChI=1S/C12H19N7/c1-17(2)9-3-5-18(7-9)12-11-14-4-6-19(11)8-10(15-12)16-13/h4,6,8-9,16H,3,5,7,13H2,1-2H3. The first-order valence-corrected chi connectivity index (χ1v) is 6.40. The van der Waals surface area contributed by atoms with Gasteiger partial charge < -0.3 is 19.6 Å². The smallest absolute Gasteiger partial charge is 0.180 e. The molecule has 19 heavy (non-hydrogen) atoms. The number of fused-ring (bicyclic) bond motifs is 1. The Morgan fingerprint density at radius 2 is 2.32 bits per heavy atom. The monoisotopic (exact) mass is 261 g/mol. The topological polar surface area (TPSA) is 74.7 Å². The van der Waals surface area contributed by atoms with E-state index in [0.717, 1.165) is 31.0 Å². The fraction of sp³-hybridized carbons (Fsp3) is 0.500. The maximum absolute atomic E-state index is 5.48. The third-order valence-electron chi connectivity index (χ3n) is 3.70. The fourth-order valence-electron chi connectivity index (χ4n) is 2.55. The Morgan fingerprint density at radius 3 is 3.00 bits per heavy atom. The van der Waals surface area contributed by atoms with Gasteiger partial charge in [-0.2, -0.15) is 0 Å². The molecule has 0 aliphatic carbocycles. The second-order valence-corrected chi connectivity index (χ2v) is 5.10. The SMILES string of the molecule is CN(C)C1CCN(c2nc(NN)cn3ccnc23)C1. The second-order valence-electron chi connectivity index (χ2n) is 5.10. The number of nitrogens with one attached hydrogen (secondary N) is 1. The summed E-state index contributed by atoms with van der Waals surface area (Å²) >= 11 is 0. The maximum Gasteiger partial charge on any atom is 0.180 e. The van der Waals surface area contributed by atoms with Crippen LogP contribution in [0, 0.1) is 0 Å². The van der Waals surface area contributed by atoms with Gasteiger partial charge in [-0.25, -0.2) is 15.8 Å². The van der Waals surface area contributed by atoms with Crippen molar-refractivity contribution < 1.29 is 0 Å². The van der Waals surface area contributed by atoms with E-state index in [1.165, 1.54) is 0 Å². The van der Waals surface area contributed by atoms with Crippen molar-refractivity contribution in [1.82, 2.24) is 19.3 Å². The molecule has 0 bridgehead atoms. The second kappa shape index (κ2) is 4.67. The van der Waals surface area contributed by atoms with Crippen LogP contribution in [0.1, 0.15) is 6.42 Å². The first kappa shape index (κ1) is 12.2. The number of anilines is 2. The van der Waals surface area contributed by atoms with Gasteiger partial charge in [0.1, 0.15) is 0 Å². The van der Waals surface area contributed by atoms with Crippen LogP contribution in [0.3, 0.4) is 0 Å². The summed E-state index contributed by atoms with van der Waals surface area (Å²) in [6, 6.07) is 0.561. The third kappa shape index (κ3) is 2.11. The minimum absolute atomic E-state index is 0.561. The lowest BCUT2D eigenvalue weighted by Crippen LogP contribution is -2.32. The van der Waals surface area contributed by atoms with E-state index in [1.54, 1.807) is 6.20 Å². The van der Waals surface area contributed by atoms with Gasteiger partial charge in [-0.15, -0.1) is 0 Å². The molecule has 3 rings (SSSR count). The highest BCUT2D eigenvalue weighted by Crippen LogP contribution is 2.25. The van der Waals surface area contributed by atoms with E-state index in [-0.39, 0.29) is 0 Å². The predicted molar refractivity (Wildman–Crippen MR) is 75.1 cm³/mol. The van der Waals surface area contributed by atoms with E-state index in [4.69, 9.17) is 5.84 Å². The normalized spacial score (nSPS) is 19.6. The van der Waals surface area contributed by atoms with Gasteiger partial charge >= 0.3 is 0 Å². The van der Waals surface area contributed by atoms with Crippen molar-refractivity contribution in [3.8, 4) is 0 Å². The highest BCUT2D eigenvalue weighted by Gasteiger charge is 2.26. The zero-order chi connectivity index (χ0) is 13.4. The highest BCUT2D eigenvalue weighted by molar-refractivity contribution is 5.67. The molecule has 0 saturated carbocycles. The summed E-state index contributed by atoms with van der Waals surface area (Å²) in [5.41, 5.74) is 3.48. The van der Waals surface area contributed by atoms with Gasteiger partial charge in [0.25, 0.3) is 0 Å². The number of likely N-dealkylation sites (N-methyl/N-ethyl adjacent to an activating group) is 1. The van der Waals surface area contributed by atoms with Crippen LogP contribution in [0.25, 0.3) is 5.65 Å². The summed E-state index contributed by atoms with van der Waals surface area (Å²) < 4.78 is 1.94. The summed E-state index contributed by atoms with van der Waals surface area (Å²) in [5, 5.41) is 0. The molecule has 1 saturated heterocycles. The first-order chi connectivity index (χ1) is 9.19. The molecule has 1 atom stereocenters. The molecule has 1 unspecified atom stereocenters. The van der Waals surface area contributed by atoms with Crippen molar-refractivity contribution in [2.24, 2.45) is 5.84 Å².